The molecule has 0 bridgehead atoms. The van der Waals surface area contributed by atoms with E-state index in [2.05, 4.69) is 33.8 Å². The smallest absolute Gasteiger partial charge is 0.187 e. The predicted molar refractivity (Wildman–Crippen MR) is 266 cm³/mol. The highest BCUT2D eigenvalue weighted by molar-refractivity contribution is 5.17. The average Bonchev–Trinajstić information content (AvgIpc) is 3.95. The summed E-state index contributed by atoms with van der Waals surface area (Å²) in [6, 6.07) is 0. The van der Waals surface area contributed by atoms with Crippen LogP contribution in [0, 0.1) is 45.8 Å². The third-order valence-electron chi connectivity index (χ3n) is 20.3. The van der Waals surface area contributed by atoms with E-state index in [-0.39, 0.29) is 40.4 Å². The zero-order valence-corrected chi connectivity index (χ0v) is 45.5. The van der Waals surface area contributed by atoms with Crippen molar-refractivity contribution in [1.82, 2.24) is 0 Å². The van der Waals surface area contributed by atoms with E-state index in [1.165, 1.54) is 0 Å². The van der Waals surface area contributed by atoms with Crippen LogP contribution < -0.4 is 0 Å². The normalized spacial score (nSPS) is 51.7. The van der Waals surface area contributed by atoms with E-state index in [1.54, 1.807) is 0 Å². The molecule has 4 aliphatic heterocycles. The molecule has 8 fully saturated rings. The summed E-state index contributed by atoms with van der Waals surface area (Å²) < 4.78 is 48.2. The lowest BCUT2D eigenvalue weighted by Crippen LogP contribution is -2.65. The Morgan fingerprint density at radius 2 is 1.01 bits per heavy atom. The van der Waals surface area contributed by atoms with Crippen LogP contribution in [0.3, 0.4) is 0 Å². The highest BCUT2D eigenvalue weighted by Crippen LogP contribution is 2.71. The Labute approximate surface area is 450 Å². The standard InChI is InChI=1S/C54H92O23/c1-23(2)10-8-9-15-54(7,77-50-46(69)42(65)38(61)31(75-50)22-71-48-44(67)40(63)36(59)29(20-56)73-48)25-13-16-53(6)24-11-12-32-51(3,4)33(14-17-52(32,5)26(24)18-27(57)34(25)53)76-49-45(68)41(64)37(60)30(74-49)21-70-47-43(66)39(62)35(58)28(19-55)72-47/h10,24-50,55-69H,8-9,11-22H2,1-7H3. The molecular formula is C54H92O23. The second kappa shape index (κ2) is 24.2. The van der Waals surface area contributed by atoms with Gasteiger partial charge in [0.05, 0.1) is 44.2 Å². The van der Waals surface area contributed by atoms with Crippen molar-refractivity contribution in [2.75, 3.05) is 26.4 Å². The summed E-state index contributed by atoms with van der Waals surface area (Å²) in [4.78, 5) is 0. The van der Waals surface area contributed by atoms with Gasteiger partial charge in [0.25, 0.3) is 0 Å². The van der Waals surface area contributed by atoms with Gasteiger partial charge in [-0.2, -0.15) is 0 Å². The van der Waals surface area contributed by atoms with Gasteiger partial charge in [-0.15, -0.1) is 0 Å². The van der Waals surface area contributed by atoms with E-state index < -0.39 is 172 Å². The lowest BCUT2D eigenvalue weighted by molar-refractivity contribution is -0.350. The van der Waals surface area contributed by atoms with Gasteiger partial charge in [-0.05, 0) is 131 Å². The first-order chi connectivity index (χ1) is 36.1. The van der Waals surface area contributed by atoms with E-state index in [4.69, 9.17) is 37.9 Å². The SMILES string of the molecule is CC(C)=CCCCC(C)(OC1OC(COC2OC(CO)C(O)C(O)C2O)C(O)C(O)C1O)C1CCC2(C)C3CCC4C(C)(C)C(OC5OC(COC6OC(CO)C(O)C(O)C6O)C(O)C(O)C5O)CCC4(C)C3CC(O)C12. The Balaban J connectivity index is 0.959. The molecule has 446 valence electrons. The highest BCUT2D eigenvalue weighted by atomic mass is 16.7. The summed E-state index contributed by atoms with van der Waals surface area (Å²) in [7, 11) is 0. The molecular weight excluding hydrogens is 1020 g/mol. The number of aliphatic hydroxyl groups is 15. The summed E-state index contributed by atoms with van der Waals surface area (Å²) in [5, 5.41) is 161. The average molecular weight is 1110 g/mol. The van der Waals surface area contributed by atoms with Crippen LogP contribution in [0.4, 0.5) is 0 Å². The predicted octanol–water partition coefficient (Wildman–Crippen LogP) is -2.20. The van der Waals surface area contributed by atoms with Gasteiger partial charge in [-0.1, -0.05) is 39.3 Å². The fourth-order valence-corrected chi connectivity index (χ4v) is 15.9. The molecule has 8 rings (SSSR count). The lowest BCUT2D eigenvalue weighted by Gasteiger charge is -2.66. The van der Waals surface area contributed by atoms with Crippen LogP contribution in [-0.2, 0) is 37.9 Å². The van der Waals surface area contributed by atoms with E-state index in [1.807, 2.05) is 20.8 Å². The molecule has 4 saturated carbocycles. The highest BCUT2D eigenvalue weighted by Gasteiger charge is 2.68. The minimum absolute atomic E-state index is 0.0918. The maximum absolute atomic E-state index is 12.7. The van der Waals surface area contributed by atoms with E-state index in [0.717, 1.165) is 37.7 Å². The zero-order valence-electron chi connectivity index (χ0n) is 45.5. The number of ether oxygens (including phenoxy) is 8. The van der Waals surface area contributed by atoms with Gasteiger partial charge in [0.1, 0.15) is 97.7 Å². The number of rotatable bonds is 17. The van der Waals surface area contributed by atoms with E-state index >= 15 is 0 Å². The summed E-state index contributed by atoms with van der Waals surface area (Å²) in [6.07, 6.45) is -23.3. The monoisotopic (exact) mass is 1110 g/mol. The van der Waals surface area contributed by atoms with Crippen LogP contribution in [0.2, 0.25) is 0 Å². The molecule has 0 aromatic rings. The number of allylic oxidation sites excluding steroid dienone is 2. The van der Waals surface area contributed by atoms with Gasteiger partial charge in [0.15, 0.2) is 25.2 Å². The third kappa shape index (κ3) is 11.6. The number of hydrogen-bond donors (Lipinski definition) is 15. The first-order valence-corrected chi connectivity index (χ1v) is 28.0. The van der Waals surface area contributed by atoms with Crippen molar-refractivity contribution in [2.45, 2.75) is 253 Å². The van der Waals surface area contributed by atoms with Gasteiger partial charge >= 0.3 is 0 Å². The van der Waals surface area contributed by atoms with Crippen LogP contribution >= 0.6 is 0 Å². The van der Waals surface area contributed by atoms with Crippen molar-refractivity contribution in [1.29, 1.82) is 0 Å². The summed E-state index contributed by atoms with van der Waals surface area (Å²) in [6.45, 7) is 12.6. The van der Waals surface area contributed by atoms with Crippen LogP contribution in [0.5, 0.6) is 0 Å². The number of unbranched alkanes of at least 4 members (excludes halogenated alkanes) is 1. The topological polar surface area (TPSA) is 377 Å². The molecule has 0 amide bonds. The second-order valence-corrected chi connectivity index (χ2v) is 25.5. The molecule has 0 radical (unpaired) electrons. The van der Waals surface area contributed by atoms with Crippen molar-refractivity contribution in [2.24, 2.45) is 45.8 Å². The molecule has 0 spiro atoms. The van der Waals surface area contributed by atoms with Gasteiger partial charge < -0.3 is 114 Å². The second-order valence-electron chi connectivity index (χ2n) is 25.5. The quantitative estimate of drug-likeness (QED) is 0.0417. The van der Waals surface area contributed by atoms with Crippen molar-refractivity contribution < 1.29 is 114 Å². The van der Waals surface area contributed by atoms with Crippen LogP contribution in [0.25, 0.3) is 0 Å². The molecule has 4 heterocycles. The largest absolute Gasteiger partial charge is 0.394 e. The van der Waals surface area contributed by atoms with Gasteiger partial charge in [0, 0.05) is 0 Å². The Hall–Kier alpha value is -1.18. The molecule has 30 unspecified atom stereocenters. The Kier molecular flexibility index (Phi) is 19.4. The molecule has 4 saturated heterocycles. The minimum atomic E-state index is -1.74. The Morgan fingerprint density at radius 3 is 1.53 bits per heavy atom. The summed E-state index contributed by atoms with van der Waals surface area (Å²) in [5.74, 6) is -0.0344. The van der Waals surface area contributed by atoms with Crippen LogP contribution in [0.1, 0.15) is 113 Å². The maximum atomic E-state index is 12.7. The van der Waals surface area contributed by atoms with E-state index in [0.29, 0.717) is 32.1 Å². The molecule has 0 aromatic heterocycles. The fourth-order valence-electron chi connectivity index (χ4n) is 15.9. The van der Waals surface area contributed by atoms with Gasteiger partial charge in [-0.3, -0.25) is 0 Å². The minimum Gasteiger partial charge on any atom is -0.394 e. The molecule has 0 aromatic carbocycles. The van der Waals surface area contributed by atoms with E-state index in [9.17, 15) is 76.6 Å². The van der Waals surface area contributed by atoms with Crippen LogP contribution in [0.15, 0.2) is 11.6 Å². The zero-order chi connectivity index (χ0) is 56.4. The molecule has 4 aliphatic carbocycles. The number of aliphatic hydroxyl groups excluding tert-OH is 15. The first kappa shape index (κ1) is 61.9. The van der Waals surface area contributed by atoms with Gasteiger partial charge in [0.2, 0.25) is 0 Å². The fraction of sp³-hybridized carbons (Fsp3) is 0.963. The molecule has 15 N–H and O–H groups in total. The summed E-state index contributed by atoms with van der Waals surface area (Å²) in [5.41, 5.74) is -0.980. The van der Waals surface area contributed by atoms with Crippen molar-refractivity contribution in [3.8, 4) is 0 Å². The lowest BCUT2D eigenvalue weighted by atomic mass is 9.39. The first-order valence-electron chi connectivity index (χ1n) is 28.0. The third-order valence-corrected chi connectivity index (χ3v) is 20.3. The maximum Gasteiger partial charge on any atom is 0.187 e. The molecule has 23 nitrogen and oxygen atoms in total. The number of hydrogen-bond acceptors (Lipinski definition) is 23. The van der Waals surface area contributed by atoms with Gasteiger partial charge in [-0.25, -0.2) is 0 Å². The summed E-state index contributed by atoms with van der Waals surface area (Å²) >= 11 is 0. The molecule has 23 heteroatoms. The van der Waals surface area contributed by atoms with Crippen molar-refractivity contribution >= 4 is 0 Å². The Morgan fingerprint density at radius 1 is 0.545 bits per heavy atom. The molecule has 30 atom stereocenters. The Bertz CT molecular complexity index is 1960. The molecule has 77 heavy (non-hydrogen) atoms. The van der Waals surface area contributed by atoms with Crippen molar-refractivity contribution in [3.63, 3.8) is 0 Å². The molecule has 8 aliphatic rings. The van der Waals surface area contributed by atoms with Crippen LogP contribution in [-0.4, -0.2) is 244 Å². The van der Waals surface area contributed by atoms with Crippen molar-refractivity contribution in [3.05, 3.63) is 11.6 Å². The number of fused-ring (bicyclic) bond motifs is 5.